The highest BCUT2D eigenvalue weighted by Gasteiger charge is 2.43. The van der Waals surface area contributed by atoms with Crippen LogP contribution in [0.5, 0.6) is 5.75 Å². The summed E-state index contributed by atoms with van der Waals surface area (Å²) in [6.45, 7) is 0. The summed E-state index contributed by atoms with van der Waals surface area (Å²) >= 11 is 0. The van der Waals surface area contributed by atoms with Gasteiger partial charge in [0.05, 0.1) is 12.8 Å². The second kappa shape index (κ2) is 5.06. The van der Waals surface area contributed by atoms with Crippen LogP contribution >= 0.6 is 8.03 Å². The van der Waals surface area contributed by atoms with Crippen LogP contribution in [0.25, 0.3) is 0 Å². The van der Waals surface area contributed by atoms with Crippen LogP contribution in [0, 0.1) is 0 Å². The summed E-state index contributed by atoms with van der Waals surface area (Å²) in [6, 6.07) is 8.63. The number of carbonyl (C=O) groups is 2. The van der Waals surface area contributed by atoms with Gasteiger partial charge in [-0.15, -0.1) is 0 Å². The molecule has 0 bridgehead atoms. The molecular weight excluding hydrogens is 243 g/mol. The minimum atomic E-state index is -2.10. The zero-order valence-corrected chi connectivity index (χ0v) is 9.76. The van der Waals surface area contributed by atoms with Gasteiger partial charge in [-0.3, -0.25) is 14.1 Å². The quantitative estimate of drug-likeness (QED) is 0.468. The summed E-state index contributed by atoms with van der Waals surface area (Å²) in [5.74, 6) is -0.836. The number of cyclic esters (lactones) is 2. The maximum Gasteiger partial charge on any atom is 0.560 e. The van der Waals surface area contributed by atoms with E-state index < -0.39 is 25.6 Å². The molecule has 0 aliphatic carbocycles. The Kier molecular flexibility index (Phi) is 3.49. The van der Waals surface area contributed by atoms with Gasteiger partial charge in [0.1, 0.15) is 0 Å². The molecule has 1 aliphatic rings. The van der Waals surface area contributed by atoms with E-state index >= 15 is 0 Å². The Morgan fingerprint density at radius 3 is 2.29 bits per heavy atom. The molecule has 1 atom stereocenters. The molecule has 0 aromatic heterocycles. The molecule has 1 unspecified atom stereocenters. The Morgan fingerprint density at radius 2 is 1.71 bits per heavy atom. The van der Waals surface area contributed by atoms with Crippen molar-refractivity contribution < 1.29 is 23.4 Å². The minimum absolute atomic E-state index is 0.0478. The molecule has 5 nitrogen and oxygen atoms in total. The average molecular weight is 253 g/mol. The monoisotopic (exact) mass is 253 g/mol. The van der Waals surface area contributed by atoms with E-state index in [0.717, 1.165) is 0 Å². The van der Waals surface area contributed by atoms with Crippen molar-refractivity contribution in [3.63, 3.8) is 0 Å². The topological polar surface area (TPSA) is 69.7 Å². The molecule has 0 amide bonds. The molecule has 0 spiro atoms. The van der Waals surface area contributed by atoms with Gasteiger partial charge in [0.2, 0.25) is 5.66 Å². The van der Waals surface area contributed by atoms with Crippen LogP contribution in [0.2, 0.25) is 0 Å². The van der Waals surface area contributed by atoms with E-state index in [0.29, 0.717) is 5.75 Å². The van der Waals surface area contributed by atoms with E-state index in [1.165, 1.54) is 0 Å². The number of ether oxygens (including phenoxy) is 1. The molecule has 2 rings (SSSR count). The van der Waals surface area contributed by atoms with Crippen LogP contribution < -0.4 is 4.52 Å². The largest absolute Gasteiger partial charge is 0.560 e. The number of carbonyl (C=O) groups excluding carboxylic acids is 2. The molecule has 1 aliphatic heterocycles. The Labute approximate surface area is 98.6 Å². The van der Waals surface area contributed by atoms with Gasteiger partial charge in [0.15, 0.2) is 5.75 Å². The van der Waals surface area contributed by atoms with Gasteiger partial charge >= 0.3 is 20.0 Å². The zero-order valence-electron chi connectivity index (χ0n) is 8.87. The molecule has 0 radical (unpaired) electrons. The van der Waals surface area contributed by atoms with Gasteiger partial charge in [-0.25, -0.2) is 0 Å². The lowest BCUT2D eigenvalue weighted by molar-refractivity contribution is -0.162. The predicted molar refractivity (Wildman–Crippen MR) is 58.8 cm³/mol. The summed E-state index contributed by atoms with van der Waals surface area (Å²) in [6.07, 6.45) is -0.0957. The third-order valence-electron chi connectivity index (χ3n) is 2.27. The lowest BCUT2D eigenvalue weighted by Gasteiger charge is -2.10. The van der Waals surface area contributed by atoms with E-state index in [9.17, 15) is 14.2 Å². The number of hydrogen-bond acceptors (Lipinski definition) is 5. The Bertz CT molecular complexity index is 440. The second-order valence-electron chi connectivity index (χ2n) is 3.60. The molecule has 17 heavy (non-hydrogen) atoms. The number of hydrogen-bond donors (Lipinski definition) is 0. The maximum atomic E-state index is 11.8. The zero-order chi connectivity index (χ0) is 12.3. The molecule has 0 N–H and O–H groups in total. The van der Waals surface area contributed by atoms with Gasteiger partial charge in [-0.2, -0.15) is 0 Å². The van der Waals surface area contributed by atoms with Gasteiger partial charge in [-0.1, -0.05) is 18.2 Å². The summed E-state index contributed by atoms with van der Waals surface area (Å²) in [5, 5.41) is 0. The van der Waals surface area contributed by atoms with Gasteiger partial charge in [0.25, 0.3) is 0 Å². The highest BCUT2D eigenvalue weighted by molar-refractivity contribution is 7.40. The van der Waals surface area contributed by atoms with Crippen molar-refractivity contribution in [2.75, 3.05) is 0 Å². The molecular formula is C11H10O5P+. The minimum Gasteiger partial charge on any atom is -0.393 e. The molecule has 1 aromatic rings. The van der Waals surface area contributed by atoms with Crippen LogP contribution in [-0.4, -0.2) is 17.6 Å². The van der Waals surface area contributed by atoms with Gasteiger partial charge < -0.3 is 4.74 Å². The summed E-state index contributed by atoms with van der Waals surface area (Å²) < 4.78 is 21.4. The fraction of sp³-hybridized carbons (Fsp3) is 0.273. The van der Waals surface area contributed by atoms with E-state index in [4.69, 9.17) is 4.52 Å². The standard InChI is InChI=1S/C11H10O5P/c12-10-6-9(7-11(13)15-10)17(14)16-8-4-2-1-3-5-8/h1-5,9H,6-7H2/q+1. The fourth-order valence-electron chi connectivity index (χ4n) is 1.48. The highest BCUT2D eigenvalue weighted by atomic mass is 31.1. The Morgan fingerprint density at radius 1 is 1.12 bits per heavy atom. The van der Waals surface area contributed by atoms with Crippen molar-refractivity contribution >= 4 is 20.0 Å². The first-order valence-electron chi connectivity index (χ1n) is 5.08. The SMILES string of the molecule is O=C1CC([P+](=O)Oc2ccccc2)CC(=O)O1. The fourth-order valence-corrected chi connectivity index (χ4v) is 2.55. The predicted octanol–water partition coefficient (Wildman–Crippen LogP) is 2.04. The highest BCUT2D eigenvalue weighted by Crippen LogP contribution is 2.37. The van der Waals surface area contributed by atoms with Gasteiger partial charge in [0, 0.05) is 0 Å². The third kappa shape index (κ3) is 3.11. The average Bonchev–Trinajstić information content (AvgIpc) is 2.29. The summed E-state index contributed by atoms with van der Waals surface area (Å²) in [5.41, 5.74) is -0.598. The first-order chi connectivity index (χ1) is 8.15. The van der Waals surface area contributed by atoms with Crippen LogP contribution in [0.4, 0.5) is 0 Å². The van der Waals surface area contributed by atoms with Crippen molar-refractivity contribution in [3.05, 3.63) is 30.3 Å². The normalized spacial score (nSPS) is 17.5. The van der Waals surface area contributed by atoms with Crippen molar-refractivity contribution in [2.45, 2.75) is 18.5 Å². The molecule has 1 aromatic carbocycles. The molecule has 0 saturated carbocycles. The first kappa shape index (κ1) is 11.7. The van der Waals surface area contributed by atoms with Crippen LogP contribution in [-0.2, 0) is 18.9 Å². The van der Waals surface area contributed by atoms with Crippen LogP contribution in [0.3, 0.4) is 0 Å². The van der Waals surface area contributed by atoms with Crippen molar-refractivity contribution in [3.8, 4) is 5.75 Å². The van der Waals surface area contributed by atoms with E-state index in [1.807, 2.05) is 0 Å². The lowest BCUT2D eigenvalue weighted by atomic mass is 10.2. The molecule has 6 heteroatoms. The molecule has 1 heterocycles. The lowest BCUT2D eigenvalue weighted by Crippen LogP contribution is -2.27. The third-order valence-corrected chi connectivity index (χ3v) is 3.62. The van der Waals surface area contributed by atoms with E-state index in [-0.39, 0.29) is 12.8 Å². The summed E-state index contributed by atoms with van der Waals surface area (Å²) in [7, 11) is -2.10. The maximum absolute atomic E-state index is 11.8. The molecule has 88 valence electrons. The Hall–Kier alpha value is -1.74. The van der Waals surface area contributed by atoms with Crippen molar-refractivity contribution in [2.24, 2.45) is 0 Å². The summed E-state index contributed by atoms with van der Waals surface area (Å²) in [4.78, 5) is 22.0. The van der Waals surface area contributed by atoms with Crippen LogP contribution in [0.15, 0.2) is 30.3 Å². The second-order valence-corrected chi connectivity index (χ2v) is 5.08. The molecule has 1 fully saturated rings. The van der Waals surface area contributed by atoms with Crippen molar-refractivity contribution in [1.29, 1.82) is 0 Å². The number of para-hydroxylation sites is 1. The first-order valence-corrected chi connectivity index (χ1v) is 6.32. The van der Waals surface area contributed by atoms with Gasteiger partial charge in [-0.05, 0) is 16.7 Å². The Balaban J connectivity index is 2.00. The number of rotatable bonds is 3. The van der Waals surface area contributed by atoms with E-state index in [1.54, 1.807) is 30.3 Å². The van der Waals surface area contributed by atoms with E-state index in [2.05, 4.69) is 4.74 Å². The van der Waals surface area contributed by atoms with Crippen molar-refractivity contribution in [1.82, 2.24) is 0 Å². The molecule has 1 saturated heterocycles. The number of benzene rings is 1. The smallest absolute Gasteiger partial charge is 0.393 e. The van der Waals surface area contributed by atoms with Crippen LogP contribution in [0.1, 0.15) is 12.8 Å². The number of esters is 2.